The topological polar surface area (TPSA) is 87.2 Å². The van der Waals surface area contributed by atoms with Crippen molar-refractivity contribution >= 4 is 58.0 Å². The number of likely N-dealkylation sites (N-methyl/N-ethyl adjacent to an activating group) is 1. The van der Waals surface area contributed by atoms with Gasteiger partial charge in [-0.3, -0.25) is 14.5 Å². The highest BCUT2D eigenvalue weighted by molar-refractivity contribution is 7.15. The van der Waals surface area contributed by atoms with Crippen LogP contribution in [0.2, 0.25) is 10.0 Å². The number of carbonyl (C=O) groups excluding carboxylic acids is 2. The summed E-state index contributed by atoms with van der Waals surface area (Å²) in [4.78, 5) is 42.1. The Hall–Kier alpha value is -2.57. The number of ether oxygens (including phenoxy) is 1. The van der Waals surface area contributed by atoms with Gasteiger partial charge < -0.3 is 14.7 Å². The number of carboxylic acids is 1. The number of anilines is 1. The van der Waals surface area contributed by atoms with Crippen LogP contribution in [-0.2, 0) is 9.53 Å². The Kier molecular flexibility index (Phi) is 7.94. The first-order valence-electron chi connectivity index (χ1n) is 10.4. The van der Waals surface area contributed by atoms with Crippen molar-refractivity contribution < 1.29 is 24.2 Å². The lowest BCUT2D eigenvalue weighted by Crippen LogP contribution is -2.51. The van der Waals surface area contributed by atoms with Gasteiger partial charge in [-0.2, -0.15) is 0 Å². The van der Waals surface area contributed by atoms with Crippen molar-refractivity contribution in [2.75, 3.05) is 31.7 Å². The molecule has 0 radical (unpaired) electrons. The molecule has 7 nitrogen and oxygen atoms in total. The summed E-state index contributed by atoms with van der Waals surface area (Å²) in [5.41, 5.74) is -0.173. The number of thiophene rings is 1. The van der Waals surface area contributed by atoms with Gasteiger partial charge in [0.1, 0.15) is 10.9 Å². The quantitative estimate of drug-likeness (QED) is 0.590. The highest BCUT2D eigenvalue weighted by atomic mass is 35.5. The number of rotatable bonds is 4. The molecule has 1 aliphatic heterocycles. The van der Waals surface area contributed by atoms with Crippen molar-refractivity contribution in [3.05, 3.63) is 49.6 Å². The number of halogens is 2. The maximum absolute atomic E-state index is 13.8. The van der Waals surface area contributed by atoms with Gasteiger partial charge in [0.05, 0.1) is 34.4 Å². The van der Waals surface area contributed by atoms with Crippen molar-refractivity contribution in [3.63, 3.8) is 0 Å². The molecule has 1 aliphatic rings. The molecule has 3 rings (SSSR count). The molecule has 0 aliphatic carbocycles. The van der Waals surface area contributed by atoms with Crippen LogP contribution in [0.3, 0.4) is 0 Å². The largest absolute Gasteiger partial charge is 0.477 e. The molecule has 1 aromatic carbocycles. The van der Waals surface area contributed by atoms with Crippen LogP contribution in [0, 0.1) is 17.3 Å². The van der Waals surface area contributed by atoms with E-state index in [1.54, 1.807) is 7.05 Å². The fourth-order valence-electron chi connectivity index (χ4n) is 3.25. The van der Waals surface area contributed by atoms with Gasteiger partial charge >= 0.3 is 5.97 Å². The molecule has 2 amide bonds. The molecular weight excluding hydrogens is 499 g/mol. The Morgan fingerprint density at radius 1 is 1.26 bits per heavy atom. The van der Waals surface area contributed by atoms with E-state index in [2.05, 4.69) is 11.8 Å². The van der Waals surface area contributed by atoms with E-state index < -0.39 is 17.9 Å². The third-order valence-electron chi connectivity index (χ3n) is 4.93. The molecule has 0 saturated carbocycles. The predicted octanol–water partition coefficient (Wildman–Crippen LogP) is 4.65. The fourth-order valence-corrected chi connectivity index (χ4v) is 4.58. The van der Waals surface area contributed by atoms with Crippen LogP contribution in [0.15, 0.2) is 24.3 Å². The smallest absolute Gasteiger partial charge is 0.348 e. The second-order valence-corrected chi connectivity index (χ2v) is 10.7. The Balaban J connectivity index is 2.21. The van der Waals surface area contributed by atoms with Gasteiger partial charge in [0, 0.05) is 24.0 Å². The first kappa shape index (κ1) is 26.0. The van der Waals surface area contributed by atoms with Gasteiger partial charge in [-0.1, -0.05) is 35.0 Å². The zero-order valence-electron chi connectivity index (χ0n) is 19.1. The molecule has 1 N–H and O–H groups in total. The van der Waals surface area contributed by atoms with Crippen LogP contribution in [0.1, 0.15) is 45.7 Å². The number of hydrogen-bond acceptors (Lipinski definition) is 5. The normalized spacial score (nSPS) is 16.5. The molecule has 1 aromatic heterocycles. The van der Waals surface area contributed by atoms with Crippen molar-refractivity contribution in [3.8, 4) is 11.8 Å². The lowest BCUT2D eigenvalue weighted by molar-refractivity contribution is -0.130. The summed E-state index contributed by atoms with van der Waals surface area (Å²) in [7, 11) is 1.61. The maximum atomic E-state index is 13.8. The summed E-state index contributed by atoms with van der Waals surface area (Å²) < 4.78 is 5.60. The summed E-state index contributed by atoms with van der Waals surface area (Å²) in [6, 6.07) is 4.79. The molecule has 10 heteroatoms. The fraction of sp³-hybridized carbons (Fsp3) is 0.375. The van der Waals surface area contributed by atoms with Crippen LogP contribution in [0.5, 0.6) is 0 Å². The van der Waals surface area contributed by atoms with Crippen molar-refractivity contribution in [2.45, 2.75) is 26.8 Å². The first-order valence-corrected chi connectivity index (χ1v) is 12.0. The van der Waals surface area contributed by atoms with Crippen molar-refractivity contribution in [1.82, 2.24) is 4.90 Å². The number of carboxylic acid groups (broad SMARTS) is 1. The van der Waals surface area contributed by atoms with E-state index in [9.17, 15) is 19.5 Å². The minimum Gasteiger partial charge on any atom is -0.477 e. The standard InChI is InChI=1S/C24H24Cl2N2O5S/c1-24(2,3)8-7-15-12-18(20(34-15)23(31)32)28(19-13-33-10-9-27(4)22(19)30)21(29)16-6-5-14(25)11-17(16)26/h5-6,11-12,19H,9-10,13H2,1-4H3,(H,31,32)/t19-/m0/s1. The number of benzene rings is 1. The van der Waals surface area contributed by atoms with Gasteiger partial charge in [0.25, 0.3) is 5.91 Å². The highest BCUT2D eigenvalue weighted by Crippen LogP contribution is 2.35. The zero-order valence-corrected chi connectivity index (χ0v) is 21.5. The average Bonchev–Trinajstić information content (AvgIpc) is 3.09. The number of nitrogens with zero attached hydrogens (tertiary/aromatic N) is 2. The lowest BCUT2D eigenvalue weighted by atomic mass is 9.98. The SMILES string of the molecule is CN1CCOC[C@H](N(C(=O)c2ccc(Cl)cc2Cl)c2cc(C#CC(C)(C)C)sc2C(=O)O)C1=O. The Labute approximate surface area is 212 Å². The summed E-state index contributed by atoms with van der Waals surface area (Å²) in [6.07, 6.45) is 0. The molecule has 0 spiro atoms. The number of carbonyl (C=O) groups is 3. The Morgan fingerprint density at radius 2 is 1.97 bits per heavy atom. The zero-order chi connectivity index (χ0) is 25.2. The molecule has 1 saturated heterocycles. The molecule has 0 bridgehead atoms. The van der Waals surface area contributed by atoms with E-state index in [0.29, 0.717) is 23.1 Å². The monoisotopic (exact) mass is 522 g/mol. The molecule has 2 heterocycles. The number of hydrogen-bond donors (Lipinski definition) is 1. The third-order valence-corrected chi connectivity index (χ3v) is 6.50. The lowest BCUT2D eigenvalue weighted by Gasteiger charge is -2.31. The number of amides is 2. The van der Waals surface area contributed by atoms with Gasteiger partial charge in [0.15, 0.2) is 0 Å². The molecule has 1 fully saturated rings. The van der Waals surface area contributed by atoms with Crippen LogP contribution >= 0.6 is 34.5 Å². The Bertz CT molecular complexity index is 1190. The van der Waals surface area contributed by atoms with E-state index >= 15 is 0 Å². The van der Waals surface area contributed by atoms with Gasteiger partial charge in [-0.25, -0.2) is 4.79 Å². The van der Waals surface area contributed by atoms with Gasteiger partial charge in [-0.05, 0) is 45.0 Å². The average molecular weight is 523 g/mol. The van der Waals surface area contributed by atoms with Crippen LogP contribution < -0.4 is 4.90 Å². The Morgan fingerprint density at radius 3 is 2.59 bits per heavy atom. The van der Waals surface area contributed by atoms with Crippen molar-refractivity contribution in [2.24, 2.45) is 5.41 Å². The van der Waals surface area contributed by atoms with E-state index in [0.717, 1.165) is 16.2 Å². The third kappa shape index (κ3) is 5.91. The molecule has 0 unspecified atom stereocenters. The second-order valence-electron chi connectivity index (χ2n) is 8.78. The molecule has 180 valence electrons. The minimum atomic E-state index is -1.24. The number of aromatic carboxylic acids is 1. The molecule has 1 atom stereocenters. The van der Waals surface area contributed by atoms with Crippen LogP contribution in [0.25, 0.3) is 0 Å². The summed E-state index contributed by atoms with van der Waals surface area (Å²) >= 11 is 13.2. The second kappa shape index (κ2) is 10.4. The predicted molar refractivity (Wildman–Crippen MR) is 133 cm³/mol. The molecule has 34 heavy (non-hydrogen) atoms. The van der Waals surface area contributed by atoms with E-state index in [-0.39, 0.29) is 39.1 Å². The van der Waals surface area contributed by atoms with Crippen molar-refractivity contribution in [1.29, 1.82) is 0 Å². The molecular formula is C24H24Cl2N2O5S. The first-order chi connectivity index (χ1) is 15.9. The van der Waals surface area contributed by atoms with Gasteiger partial charge in [-0.15, -0.1) is 11.3 Å². The summed E-state index contributed by atoms with van der Waals surface area (Å²) in [6.45, 7) is 6.34. The summed E-state index contributed by atoms with van der Waals surface area (Å²) in [5.74, 6) is 3.80. The van der Waals surface area contributed by atoms with E-state index in [1.165, 1.54) is 29.2 Å². The van der Waals surface area contributed by atoms with E-state index in [1.807, 2.05) is 20.8 Å². The van der Waals surface area contributed by atoms with Crippen LogP contribution in [0.4, 0.5) is 5.69 Å². The van der Waals surface area contributed by atoms with Gasteiger partial charge in [0.2, 0.25) is 5.91 Å². The summed E-state index contributed by atoms with van der Waals surface area (Å²) in [5, 5.41) is 10.3. The highest BCUT2D eigenvalue weighted by Gasteiger charge is 2.38. The molecule has 2 aromatic rings. The maximum Gasteiger partial charge on any atom is 0.348 e. The van der Waals surface area contributed by atoms with E-state index in [4.69, 9.17) is 27.9 Å². The minimum absolute atomic E-state index is 0.0592. The van der Waals surface area contributed by atoms with Crippen LogP contribution in [-0.4, -0.2) is 60.6 Å².